The molecule has 0 aromatic carbocycles. The minimum Gasteiger partial charge on any atom is -0.511 e. The molecule has 0 amide bonds. The van der Waals surface area contributed by atoms with Gasteiger partial charge in [0.2, 0.25) is 0 Å². The summed E-state index contributed by atoms with van der Waals surface area (Å²) in [5.41, 5.74) is 8.12. The highest BCUT2D eigenvalue weighted by atomic mass is 16.5. The number of aromatic nitrogens is 1. The predicted octanol–water partition coefficient (Wildman–Crippen LogP) is 2.57. The van der Waals surface area contributed by atoms with Gasteiger partial charge < -0.3 is 20.9 Å². The molecule has 1 unspecified atom stereocenters. The minimum absolute atomic E-state index is 0.0238. The molecule has 122 valence electrons. The molecular weight excluding hydrogens is 278 g/mol. The number of nitrogens with zero attached hydrogens (tertiary/aromatic N) is 1. The SMILES string of the molecule is C=C(O)C(N)CCOCCCCc1ccc2c(n1)NCCC2. The molecule has 1 atom stereocenters. The first-order chi connectivity index (χ1) is 10.7. The summed E-state index contributed by atoms with van der Waals surface area (Å²) in [6.07, 6.45) is 5.97. The molecule has 0 fully saturated rings. The number of nitrogens with two attached hydrogens (primary N) is 1. The summed E-state index contributed by atoms with van der Waals surface area (Å²) in [5.74, 6) is 1.09. The van der Waals surface area contributed by atoms with Crippen LogP contribution in [0.5, 0.6) is 0 Å². The molecule has 2 rings (SSSR count). The molecule has 0 bridgehead atoms. The van der Waals surface area contributed by atoms with Crippen LogP contribution in [-0.4, -0.2) is 35.9 Å². The van der Waals surface area contributed by atoms with Crippen LogP contribution in [-0.2, 0) is 17.6 Å². The molecule has 22 heavy (non-hydrogen) atoms. The second-order valence-electron chi connectivity index (χ2n) is 5.80. The maximum Gasteiger partial charge on any atom is 0.129 e. The highest BCUT2D eigenvalue weighted by molar-refractivity contribution is 5.46. The van der Waals surface area contributed by atoms with Gasteiger partial charge in [-0.1, -0.05) is 12.6 Å². The maximum absolute atomic E-state index is 9.08. The van der Waals surface area contributed by atoms with Gasteiger partial charge in [0.15, 0.2) is 0 Å². The Bertz CT molecular complexity index is 491. The Hall–Kier alpha value is -1.59. The van der Waals surface area contributed by atoms with E-state index in [1.54, 1.807) is 0 Å². The molecule has 1 aliphatic rings. The van der Waals surface area contributed by atoms with E-state index >= 15 is 0 Å². The van der Waals surface area contributed by atoms with Gasteiger partial charge in [0.05, 0.1) is 6.04 Å². The van der Waals surface area contributed by atoms with Crippen molar-refractivity contribution in [1.82, 2.24) is 4.98 Å². The molecular formula is C17H27N3O2. The van der Waals surface area contributed by atoms with E-state index in [1.807, 2.05) is 0 Å². The minimum atomic E-state index is -0.382. The second kappa shape index (κ2) is 8.76. The highest BCUT2D eigenvalue weighted by Crippen LogP contribution is 2.20. The zero-order chi connectivity index (χ0) is 15.8. The number of fused-ring (bicyclic) bond motifs is 1. The van der Waals surface area contributed by atoms with E-state index in [0.29, 0.717) is 19.6 Å². The van der Waals surface area contributed by atoms with Crippen molar-refractivity contribution < 1.29 is 9.84 Å². The Kier molecular flexibility index (Phi) is 6.68. The molecule has 2 heterocycles. The average molecular weight is 305 g/mol. The van der Waals surface area contributed by atoms with Crippen molar-refractivity contribution in [2.24, 2.45) is 5.73 Å². The first-order valence-electron chi connectivity index (χ1n) is 8.10. The van der Waals surface area contributed by atoms with Gasteiger partial charge in [-0.15, -0.1) is 0 Å². The molecule has 0 spiro atoms. The Morgan fingerprint density at radius 1 is 1.41 bits per heavy atom. The molecule has 0 aliphatic carbocycles. The summed E-state index contributed by atoms with van der Waals surface area (Å²) in [4.78, 5) is 4.68. The number of pyridine rings is 1. The fourth-order valence-corrected chi connectivity index (χ4v) is 2.50. The lowest BCUT2D eigenvalue weighted by molar-refractivity contribution is 0.122. The van der Waals surface area contributed by atoms with Crippen LogP contribution < -0.4 is 11.1 Å². The zero-order valence-electron chi connectivity index (χ0n) is 13.2. The van der Waals surface area contributed by atoms with Crippen LogP contribution in [0.3, 0.4) is 0 Å². The average Bonchev–Trinajstić information content (AvgIpc) is 2.53. The highest BCUT2D eigenvalue weighted by Gasteiger charge is 2.10. The quantitative estimate of drug-likeness (QED) is 0.482. The number of aliphatic hydroxyl groups is 1. The zero-order valence-corrected chi connectivity index (χ0v) is 13.2. The van der Waals surface area contributed by atoms with E-state index < -0.39 is 0 Å². The van der Waals surface area contributed by atoms with Gasteiger partial charge in [-0.05, 0) is 50.2 Å². The third-order valence-electron chi connectivity index (χ3n) is 3.92. The molecule has 0 radical (unpaired) electrons. The fourth-order valence-electron chi connectivity index (χ4n) is 2.50. The van der Waals surface area contributed by atoms with Crippen LogP contribution in [0.2, 0.25) is 0 Å². The van der Waals surface area contributed by atoms with E-state index in [4.69, 9.17) is 15.6 Å². The predicted molar refractivity (Wildman–Crippen MR) is 89.2 cm³/mol. The topological polar surface area (TPSA) is 80.4 Å². The molecule has 5 heteroatoms. The lowest BCUT2D eigenvalue weighted by atomic mass is 10.1. The van der Waals surface area contributed by atoms with Crippen molar-refractivity contribution in [2.75, 3.05) is 25.1 Å². The number of ether oxygens (including phenoxy) is 1. The van der Waals surface area contributed by atoms with Crippen molar-refractivity contribution in [2.45, 2.75) is 44.6 Å². The van der Waals surface area contributed by atoms with Gasteiger partial charge in [-0.25, -0.2) is 4.98 Å². The standard InChI is InChI=1S/C17H27N3O2/c1-13(21)16(18)9-12-22-11-3-2-6-15-8-7-14-5-4-10-19-17(14)20-15/h7-8,16,21H,1-6,9-12,18H2,(H,19,20). The number of unbranched alkanes of at least 4 members (excludes halogenated alkanes) is 1. The number of nitrogens with one attached hydrogen (secondary N) is 1. The third-order valence-corrected chi connectivity index (χ3v) is 3.92. The maximum atomic E-state index is 9.08. The van der Waals surface area contributed by atoms with Gasteiger partial charge in [0.25, 0.3) is 0 Å². The van der Waals surface area contributed by atoms with Crippen molar-refractivity contribution in [1.29, 1.82) is 0 Å². The smallest absolute Gasteiger partial charge is 0.129 e. The largest absolute Gasteiger partial charge is 0.511 e. The summed E-state index contributed by atoms with van der Waals surface area (Å²) in [6, 6.07) is 3.95. The Morgan fingerprint density at radius 3 is 3.09 bits per heavy atom. The van der Waals surface area contributed by atoms with Crippen molar-refractivity contribution in [3.05, 3.63) is 35.7 Å². The molecule has 5 nitrogen and oxygen atoms in total. The first kappa shape index (κ1) is 16.8. The lowest BCUT2D eigenvalue weighted by Crippen LogP contribution is -2.23. The van der Waals surface area contributed by atoms with Crippen LogP contribution >= 0.6 is 0 Å². The van der Waals surface area contributed by atoms with Gasteiger partial charge in [-0.3, -0.25) is 0 Å². The molecule has 1 aromatic rings. The van der Waals surface area contributed by atoms with Crippen molar-refractivity contribution in [3.8, 4) is 0 Å². The van der Waals surface area contributed by atoms with E-state index in [1.165, 1.54) is 12.0 Å². The van der Waals surface area contributed by atoms with E-state index in [0.717, 1.165) is 43.7 Å². The summed E-state index contributed by atoms with van der Waals surface area (Å²) >= 11 is 0. The Balaban J connectivity index is 1.58. The van der Waals surface area contributed by atoms with Crippen LogP contribution in [0.4, 0.5) is 5.82 Å². The third kappa shape index (κ3) is 5.31. The van der Waals surface area contributed by atoms with Crippen LogP contribution in [0.25, 0.3) is 0 Å². The fraction of sp³-hybridized carbons (Fsp3) is 0.588. The van der Waals surface area contributed by atoms with E-state index in [9.17, 15) is 0 Å². The van der Waals surface area contributed by atoms with E-state index in [-0.39, 0.29) is 11.8 Å². The van der Waals surface area contributed by atoms with Gasteiger partial charge in [0, 0.05) is 25.5 Å². The summed E-state index contributed by atoms with van der Waals surface area (Å²) in [6.45, 7) is 5.71. The summed E-state index contributed by atoms with van der Waals surface area (Å²) < 4.78 is 5.52. The number of anilines is 1. The number of aliphatic hydroxyl groups excluding tert-OH is 1. The van der Waals surface area contributed by atoms with Crippen LogP contribution in [0.15, 0.2) is 24.5 Å². The monoisotopic (exact) mass is 305 g/mol. The van der Waals surface area contributed by atoms with Crippen molar-refractivity contribution in [3.63, 3.8) is 0 Å². The van der Waals surface area contributed by atoms with Gasteiger partial charge >= 0.3 is 0 Å². The molecule has 4 N–H and O–H groups in total. The Morgan fingerprint density at radius 2 is 2.27 bits per heavy atom. The second-order valence-corrected chi connectivity index (χ2v) is 5.80. The first-order valence-corrected chi connectivity index (χ1v) is 8.10. The molecule has 1 aromatic heterocycles. The lowest BCUT2D eigenvalue weighted by Gasteiger charge is -2.17. The summed E-state index contributed by atoms with van der Waals surface area (Å²) in [5, 5.41) is 12.5. The van der Waals surface area contributed by atoms with Crippen molar-refractivity contribution >= 4 is 5.82 Å². The number of hydrogen-bond donors (Lipinski definition) is 3. The van der Waals surface area contributed by atoms with Crippen LogP contribution in [0.1, 0.15) is 36.9 Å². The van der Waals surface area contributed by atoms with Gasteiger partial charge in [0.1, 0.15) is 11.6 Å². The number of rotatable bonds is 9. The summed E-state index contributed by atoms with van der Waals surface area (Å²) in [7, 11) is 0. The number of aryl methyl sites for hydroxylation is 2. The Labute approximate surface area is 132 Å². The molecule has 0 saturated carbocycles. The molecule has 0 saturated heterocycles. The molecule has 1 aliphatic heterocycles. The normalized spacial score (nSPS) is 15.0. The van der Waals surface area contributed by atoms with Gasteiger partial charge in [-0.2, -0.15) is 0 Å². The van der Waals surface area contributed by atoms with Crippen LogP contribution in [0, 0.1) is 0 Å². The number of hydrogen-bond acceptors (Lipinski definition) is 5. The van der Waals surface area contributed by atoms with E-state index in [2.05, 4.69) is 29.0 Å².